The average Bonchev–Trinajstić information content (AvgIpc) is 3.16. The van der Waals surface area contributed by atoms with Gasteiger partial charge in [-0.25, -0.2) is 9.48 Å². The Kier molecular flexibility index (Phi) is 3.84. The Bertz CT molecular complexity index is 728. The van der Waals surface area contributed by atoms with Crippen LogP contribution < -0.4 is 0 Å². The molecule has 4 rings (SSSR count). The molecule has 1 aromatic heterocycles. The molecular weight excluding hydrogens is 306 g/mol. The van der Waals surface area contributed by atoms with E-state index in [9.17, 15) is 9.90 Å². The van der Waals surface area contributed by atoms with Gasteiger partial charge in [-0.05, 0) is 42.7 Å². The first-order chi connectivity index (χ1) is 11.6. The molecule has 6 heteroatoms. The van der Waals surface area contributed by atoms with Gasteiger partial charge in [-0.2, -0.15) is 0 Å². The highest BCUT2D eigenvalue weighted by molar-refractivity contribution is 5.78. The smallest absolute Gasteiger partial charge is 0.336 e. The van der Waals surface area contributed by atoms with Crippen LogP contribution in [0.4, 0.5) is 0 Å². The van der Waals surface area contributed by atoms with Crippen molar-refractivity contribution in [1.29, 1.82) is 0 Å². The van der Waals surface area contributed by atoms with Crippen molar-refractivity contribution in [2.24, 2.45) is 0 Å². The monoisotopic (exact) mass is 327 g/mol. The average molecular weight is 327 g/mol. The highest BCUT2D eigenvalue weighted by atomic mass is 16.5. The van der Waals surface area contributed by atoms with Crippen LogP contribution in [0.1, 0.15) is 48.4 Å². The Hall–Kier alpha value is -2.21. The van der Waals surface area contributed by atoms with E-state index in [1.54, 1.807) is 4.68 Å². The highest BCUT2D eigenvalue weighted by Gasteiger charge is 2.43. The predicted octanol–water partition coefficient (Wildman–Crippen LogP) is 2.38. The van der Waals surface area contributed by atoms with E-state index in [1.807, 2.05) is 6.20 Å². The molecular formula is C18H21N3O3. The third-order valence-corrected chi connectivity index (χ3v) is 4.92. The van der Waals surface area contributed by atoms with Gasteiger partial charge in [-0.15, -0.1) is 5.10 Å². The molecule has 1 unspecified atom stereocenters. The minimum Gasteiger partial charge on any atom is -0.479 e. The van der Waals surface area contributed by atoms with E-state index in [0.717, 1.165) is 12.3 Å². The van der Waals surface area contributed by atoms with Crippen LogP contribution in [0.2, 0.25) is 0 Å². The van der Waals surface area contributed by atoms with E-state index in [4.69, 9.17) is 4.74 Å². The lowest BCUT2D eigenvalue weighted by atomic mass is 9.95. The van der Waals surface area contributed by atoms with Crippen molar-refractivity contribution < 1.29 is 14.6 Å². The fraction of sp³-hybridized carbons (Fsp3) is 0.500. The lowest BCUT2D eigenvalue weighted by Gasteiger charge is -2.21. The summed E-state index contributed by atoms with van der Waals surface area (Å²) in [5.41, 5.74) is 2.11. The molecule has 1 atom stereocenters. The van der Waals surface area contributed by atoms with Crippen molar-refractivity contribution in [2.45, 2.75) is 50.2 Å². The minimum absolute atomic E-state index is 0.267. The largest absolute Gasteiger partial charge is 0.479 e. The van der Waals surface area contributed by atoms with Crippen molar-refractivity contribution in [2.75, 3.05) is 6.61 Å². The lowest BCUT2D eigenvalue weighted by Crippen LogP contribution is -2.40. The summed E-state index contributed by atoms with van der Waals surface area (Å²) in [5, 5.41) is 17.7. The van der Waals surface area contributed by atoms with Gasteiger partial charge in [0.05, 0.1) is 12.2 Å². The third kappa shape index (κ3) is 3.06. The first kappa shape index (κ1) is 15.3. The van der Waals surface area contributed by atoms with Gasteiger partial charge in [0.25, 0.3) is 0 Å². The number of carboxylic acid groups (broad SMARTS) is 1. The molecule has 2 aromatic rings. The summed E-state index contributed by atoms with van der Waals surface area (Å²) in [6, 6.07) is 8.65. The molecule has 1 aliphatic heterocycles. The third-order valence-electron chi connectivity index (χ3n) is 4.92. The van der Waals surface area contributed by atoms with E-state index < -0.39 is 11.6 Å². The molecule has 1 N–H and O–H groups in total. The van der Waals surface area contributed by atoms with E-state index in [0.29, 0.717) is 25.3 Å². The maximum absolute atomic E-state index is 11.5. The maximum atomic E-state index is 11.5. The lowest BCUT2D eigenvalue weighted by molar-refractivity contribution is -0.160. The van der Waals surface area contributed by atoms with E-state index >= 15 is 0 Å². The topological polar surface area (TPSA) is 77.2 Å². The number of carbonyl (C=O) groups is 1. The summed E-state index contributed by atoms with van der Waals surface area (Å²) in [4.78, 5) is 11.5. The van der Waals surface area contributed by atoms with Crippen LogP contribution in [0.5, 0.6) is 0 Å². The van der Waals surface area contributed by atoms with Crippen LogP contribution in [-0.4, -0.2) is 38.3 Å². The van der Waals surface area contributed by atoms with Gasteiger partial charge in [-0.3, -0.25) is 0 Å². The SMILES string of the molecule is O=C(O)C1(Cc2cn(Cc3ccc(C4CC4)cc3)nn2)CCCO1. The van der Waals surface area contributed by atoms with Crippen LogP contribution in [0.25, 0.3) is 0 Å². The van der Waals surface area contributed by atoms with Crippen molar-refractivity contribution in [3.05, 3.63) is 47.3 Å². The van der Waals surface area contributed by atoms with E-state index in [2.05, 4.69) is 34.6 Å². The Morgan fingerprint density at radius 1 is 1.33 bits per heavy atom. The fourth-order valence-electron chi connectivity index (χ4n) is 3.37. The standard InChI is InChI=1S/C18H21N3O3/c22-17(23)18(8-1-9-24-18)10-16-12-21(20-19-16)11-13-2-4-14(5-3-13)15-6-7-15/h2-5,12,15H,1,6-11H2,(H,22,23). The van der Waals surface area contributed by atoms with Gasteiger partial charge in [0.15, 0.2) is 5.60 Å². The number of aliphatic carboxylic acids is 1. The zero-order chi connectivity index (χ0) is 16.6. The maximum Gasteiger partial charge on any atom is 0.336 e. The summed E-state index contributed by atoms with van der Waals surface area (Å²) in [5.74, 6) is -0.152. The van der Waals surface area contributed by atoms with Crippen LogP contribution >= 0.6 is 0 Å². The number of rotatable bonds is 6. The molecule has 1 saturated carbocycles. The predicted molar refractivity (Wildman–Crippen MR) is 86.8 cm³/mol. The fourth-order valence-corrected chi connectivity index (χ4v) is 3.37. The molecule has 2 aliphatic rings. The molecule has 0 radical (unpaired) electrons. The molecule has 1 aliphatic carbocycles. The molecule has 126 valence electrons. The van der Waals surface area contributed by atoms with Crippen LogP contribution in [0, 0.1) is 0 Å². The van der Waals surface area contributed by atoms with E-state index in [-0.39, 0.29) is 6.42 Å². The highest BCUT2D eigenvalue weighted by Crippen LogP contribution is 2.39. The van der Waals surface area contributed by atoms with Gasteiger partial charge >= 0.3 is 5.97 Å². The van der Waals surface area contributed by atoms with Crippen molar-refractivity contribution in [3.8, 4) is 0 Å². The molecule has 2 fully saturated rings. The summed E-state index contributed by atoms with van der Waals surface area (Å²) >= 11 is 0. The van der Waals surface area contributed by atoms with Gasteiger partial charge < -0.3 is 9.84 Å². The normalized spacial score (nSPS) is 23.5. The van der Waals surface area contributed by atoms with Crippen molar-refractivity contribution >= 4 is 5.97 Å². The number of carboxylic acids is 1. The summed E-state index contributed by atoms with van der Waals surface area (Å²) in [6.45, 7) is 1.13. The number of hydrogen-bond donors (Lipinski definition) is 1. The quantitative estimate of drug-likeness (QED) is 0.881. The Balaban J connectivity index is 1.43. The van der Waals surface area contributed by atoms with Gasteiger partial charge in [0.1, 0.15) is 0 Å². The number of ether oxygens (including phenoxy) is 1. The van der Waals surface area contributed by atoms with Crippen LogP contribution in [0.15, 0.2) is 30.5 Å². The number of aromatic nitrogens is 3. The summed E-state index contributed by atoms with van der Waals surface area (Å²) in [6.07, 6.45) is 5.99. The molecule has 1 saturated heterocycles. The minimum atomic E-state index is -1.13. The number of nitrogens with zero attached hydrogens (tertiary/aromatic N) is 3. The second kappa shape index (κ2) is 6.02. The first-order valence-electron chi connectivity index (χ1n) is 8.50. The van der Waals surface area contributed by atoms with Gasteiger partial charge in [0, 0.05) is 19.2 Å². The van der Waals surface area contributed by atoms with Crippen LogP contribution in [0.3, 0.4) is 0 Å². The van der Waals surface area contributed by atoms with E-state index in [1.165, 1.54) is 24.0 Å². The molecule has 0 spiro atoms. The van der Waals surface area contributed by atoms with Crippen LogP contribution in [-0.2, 0) is 22.5 Å². The second-order valence-corrected chi connectivity index (χ2v) is 6.85. The zero-order valence-electron chi connectivity index (χ0n) is 13.5. The van der Waals surface area contributed by atoms with Crippen molar-refractivity contribution in [3.63, 3.8) is 0 Å². The Morgan fingerprint density at radius 3 is 2.75 bits per heavy atom. The zero-order valence-corrected chi connectivity index (χ0v) is 13.5. The summed E-state index contributed by atoms with van der Waals surface area (Å²) < 4.78 is 7.25. The van der Waals surface area contributed by atoms with Gasteiger partial charge in [-0.1, -0.05) is 29.5 Å². The molecule has 2 heterocycles. The summed E-state index contributed by atoms with van der Waals surface area (Å²) in [7, 11) is 0. The number of hydrogen-bond acceptors (Lipinski definition) is 4. The Labute approximate surface area is 140 Å². The Morgan fingerprint density at radius 2 is 2.12 bits per heavy atom. The molecule has 0 amide bonds. The number of benzene rings is 1. The van der Waals surface area contributed by atoms with Gasteiger partial charge in [0.2, 0.25) is 0 Å². The van der Waals surface area contributed by atoms with Crippen molar-refractivity contribution in [1.82, 2.24) is 15.0 Å². The molecule has 0 bridgehead atoms. The molecule has 24 heavy (non-hydrogen) atoms. The molecule has 1 aromatic carbocycles. The second-order valence-electron chi connectivity index (χ2n) is 6.85. The first-order valence-corrected chi connectivity index (χ1v) is 8.50. The molecule has 6 nitrogen and oxygen atoms in total.